The summed E-state index contributed by atoms with van der Waals surface area (Å²) in [5.74, 6) is 0. The minimum absolute atomic E-state index is 0.0729. The molecule has 2 unspecified atom stereocenters. The van der Waals surface area contributed by atoms with Gasteiger partial charge in [-0.25, -0.2) is 9.46 Å². The number of amides is 1. The summed E-state index contributed by atoms with van der Waals surface area (Å²) in [5.41, 5.74) is 0. The number of aliphatic hydroxyl groups is 1. The Kier molecular flexibility index (Phi) is 13.7. The Bertz CT molecular complexity index is 396. The van der Waals surface area contributed by atoms with Crippen molar-refractivity contribution in [2.24, 2.45) is 0 Å². The number of nitriles is 1. The highest BCUT2D eigenvalue weighted by molar-refractivity contribution is 7.44. The van der Waals surface area contributed by atoms with E-state index in [-0.39, 0.29) is 38.3 Å². The molecule has 8 nitrogen and oxygen atoms in total. The number of rotatable bonds is 13. The summed E-state index contributed by atoms with van der Waals surface area (Å²) < 4.78 is 18.8. The lowest BCUT2D eigenvalue weighted by atomic mass is 10.3. The molecule has 0 rings (SSSR count). The van der Waals surface area contributed by atoms with E-state index < -0.39 is 20.7 Å². The lowest BCUT2D eigenvalue weighted by molar-refractivity contribution is 0.0337. The SMILES string of the molecule is CCCNC(=O)OCC(CO)OP(OCCC#N)N(C(C)C)C(C)C. The maximum Gasteiger partial charge on any atom is 0.407 e. The Hall–Kier alpha value is -0.970. The maximum atomic E-state index is 11.5. The van der Waals surface area contributed by atoms with Gasteiger partial charge in [-0.3, -0.25) is 0 Å². The quantitative estimate of drug-likeness (QED) is 0.376. The monoisotopic (exact) mass is 377 g/mol. The molecule has 2 atom stereocenters. The van der Waals surface area contributed by atoms with Gasteiger partial charge in [-0.1, -0.05) is 6.92 Å². The highest BCUT2D eigenvalue weighted by atomic mass is 31.2. The van der Waals surface area contributed by atoms with Crippen LogP contribution in [0.2, 0.25) is 0 Å². The number of carbonyl (C=O) groups excluding carboxylic acids is 1. The van der Waals surface area contributed by atoms with Crippen molar-refractivity contribution in [1.82, 2.24) is 9.99 Å². The molecule has 146 valence electrons. The molecular formula is C16H32N3O5P. The molecule has 0 aromatic heterocycles. The molecule has 0 aromatic carbocycles. The molecule has 2 N–H and O–H groups in total. The zero-order valence-electron chi connectivity index (χ0n) is 15.9. The Morgan fingerprint density at radius 1 is 1.32 bits per heavy atom. The summed E-state index contributed by atoms with van der Waals surface area (Å²) in [4.78, 5) is 11.5. The summed E-state index contributed by atoms with van der Waals surface area (Å²) in [6, 6.07) is 2.34. The third-order valence-corrected chi connectivity index (χ3v) is 5.21. The number of hydrogen-bond donors (Lipinski definition) is 2. The van der Waals surface area contributed by atoms with Gasteiger partial charge in [0.1, 0.15) is 12.7 Å². The van der Waals surface area contributed by atoms with Gasteiger partial charge in [0.05, 0.1) is 25.7 Å². The van der Waals surface area contributed by atoms with Crippen LogP contribution in [0, 0.1) is 11.3 Å². The third kappa shape index (κ3) is 10.6. The first kappa shape index (κ1) is 24.0. The van der Waals surface area contributed by atoms with Crippen molar-refractivity contribution in [3.05, 3.63) is 0 Å². The standard InChI is InChI=1S/C16H32N3O5P/c1-6-9-18-16(21)22-12-15(11-20)24-25(23-10-7-8-17)19(13(2)3)14(4)5/h13-15,20H,6-7,9-12H2,1-5H3,(H,18,21). The van der Waals surface area contributed by atoms with Crippen LogP contribution >= 0.6 is 8.53 Å². The summed E-state index contributed by atoms with van der Waals surface area (Å²) in [6.07, 6.45) is -0.166. The number of hydrogen-bond acceptors (Lipinski definition) is 7. The van der Waals surface area contributed by atoms with Gasteiger partial charge in [0.2, 0.25) is 0 Å². The molecule has 0 radical (unpaired) electrons. The Labute approximate surface area is 152 Å². The summed E-state index contributed by atoms with van der Waals surface area (Å²) in [5, 5.41) is 20.8. The van der Waals surface area contributed by atoms with Crippen LogP contribution in [-0.2, 0) is 13.8 Å². The highest BCUT2D eigenvalue weighted by Crippen LogP contribution is 2.47. The van der Waals surface area contributed by atoms with Crippen LogP contribution in [0.15, 0.2) is 0 Å². The van der Waals surface area contributed by atoms with E-state index in [4.69, 9.17) is 19.0 Å². The summed E-state index contributed by atoms with van der Waals surface area (Å²) in [7, 11) is -1.49. The van der Waals surface area contributed by atoms with E-state index in [1.165, 1.54) is 0 Å². The lowest BCUT2D eigenvalue weighted by Crippen LogP contribution is -2.36. The molecule has 0 aliphatic heterocycles. The summed E-state index contributed by atoms with van der Waals surface area (Å²) in [6.45, 7) is 10.4. The fourth-order valence-electron chi connectivity index (χ4n) is 1.99. The summed E-state index contributed by atoms with van der Waals surface area (Å²) >= 11 is 0. The van der Waals surface area contributed by atoms with Gasteiger partial charge in [-0.2, -0.15) is 5.26 Å². The minimum Gasteiger partial charge on any atom is -0.447 e. The van der Waals surface area contributed by atoms with Crippen LogP contribution < -0.4 is 5.32 Å². The van der Waals surface area contributed by atoms with Crippen molar-refractivity contribution in [1.29, 1.82) is 5.26 Å². The molecule has 0 spiro atoms. The largest absolute Gasteiger partial charge is 0.447 e. The lowest BCUT2D eigenvalue weighted by Gasteiger charge is -2.37. The molecule has 1 amide bonds. The van der Waals surface area contributed by atoms with E-state index in [2.05, 4.69) is 5.32 Å². The first-order valence-corrected chi connectivity index (χ1v) is 9.76. The number of aliphatic hydroxyl groups excluding tert-OH is 1. The number of nitrogens with one attached hydrogen (secondary N) is 1. The van der Waals surface area contributed by atoms with Gasteiger partial charge < -0.3 is 24.2 Å². The molecular weight excluding hydrogens is 345 g/mol. The van der Waals surface area contributed by atoms with Gasteiger partial charge in [0.15, 0.2) is 0 Å². The van der Waals surface area contributed by atoms with E-state index in [1.54, 1.807) is 0 Å². The van der Waals surface area contributed by atoms with E-state index in [9.17, 15) is 9.90 Å². The number of ether oxygens (including phenoxy) is 1. The van der Waals surface area contributed by atoms with Crippen LogP contribution in [0.1, 0.15) is 47.5 Å². The van der Waals surface area contributed by atoms with Crippen LogP contribution in [0.5, 0.6) is 0 Å². The highest BCUT2D eigenvalue weighted by Gasteiger charge is 2.30. The molecule has 0 aromatic rings. The maximum absolute atomic E-state index is 11.5. The zero-order chi connectivity index (χ0) is 19.2. The van der Waals surface area contributed by atoms with Crippen molar-refractivity contribution in [2.75, 3.05) is 26.4 Å². The van der Waals surface area contributed by atoms with Crippen molar-refractivity contribution < 1.29 is 23.7 Å². The molecule has 0 bridgehead atoms. The predicted octanol–water partition coefficient (Wildman–Crippen LogP) is 2.78. The van der Waals surface area contributed by atoms with Crippen LogP contribution in [0.25, 0.3) is 0 Å². The second-order valence-electron chi connectivity index (χ2n) is 5.98. The van der Waals surface area contributed by atoms with Crippen LogP contribution in [0.3, 0.4) is 0 Å². The molecule has 9 heteroatoms. The molecule has 25 heavy (non-hydrogen) atoms. The fourth-order valence-corrected chi connectivity index (χ4v) is 3.67. The van der Waals surface area contributed by atoms with E-state index >= 15 is 0 Å². The van der Waals surface area contributed by atoms with E-state index in [0.717, 1.165) is 6.42 Å². The number of alkyl carbamates (subject to hydrolysis) is 1. The van der Waals surface area contributed by atoms with Crippen molar-refractivity contribution in [2.45, 2.75) is 65.6 Å². The van der Waals surface area contributed by atoms with Crippen molar-refractivity contribution in [3.8, 4) is 6.07 Å². The Morgan fingerprint density at radius 2 is 1.96 bits per heavy atom. The molecule has 0 heterocycles. The van der Waals surface area contributed by atoms with Gasteiger partial charge in [-0.05, 0) is 34.1 Å². The normalized spacial score (nSPS) is 13.8. The molecule has 0 aliphatic rings. The number of nitrogens with zero attached hydrogens (tertiary/aromatic N) is 2. The Morgan fingerprint density at radius 3 is 2.44 bits per heavy atom. The predicted molar refractivity (Wildman–Crippen MR) is 96.8 cm³/mol. The molecule has 0 saturated heterocycles. The third-order valence-electron chi connectivity index (χ3n) is 3.02. The second kappa shape index (κ2) is 14.2. The first-order chi connectivity index (χ1) is 11.9. The molecule has 0 aliphatic carbocycles. The van der Waals surface area contributed by atoms with Crippen molar-refractivity contribution in [3.63, 3.8) is 0 Å². The first-order valence-electron chi connectivity index (χ1n) is 8.63. The van der Waals surface area contributed by atoms with E-state index in [0.29, 0.717) is 6.54 Å². The van der Waals surface area contributed by atoms with Crippen LogP contribution in [0.4, 0.5) is 4.79 Å². The van der Waals surface area contributed by atoms with Gasteiger partial charge in [0, 0.05) is 18.6 Å². The van der Waals surface area contributed by atoms with E-state index in [1.807, 2.05) is 45.4 Å². The van der Waals surface area contributed by atoms with Gasteiger partial charge in [0.25, 0.3) is 8.53 Å². The molecule has 0 saturated carbocycles. The Balaban J connectivity index is 4.80. The topological polar surface area (TPSA) is 104 Å². The number of carbonyl (C=O) groups is 1. The van der Waals surface area contributed by atoms with Crippen molar-refractivity contribution >= 4 is 14.6 Å². The van der Waals surface area contributed by atoms with Crippen LogP contribution in [-0.4, -0.2) is 60.4 Å². The fraction of sp³-hybridized carbons (Fsp3) is 0.875. The average molecular weight is 377 g/mol. The van der Waals surface area contributed by atoms with Gasteiger partial charge in [-0.15, -0.1) is 0 Å². The second-order valence-corrected chi connectivity index (χ2v) is 7.39. The minimum atomic E-state index is -1.49. The zero-order valence-corrected chi connectivity index (χ0v) is 16.8. The molecule has 0 fully saturated rings. The smallest absolute Gasteiger partial charge is 0.407 e. The average Bonchev–Trinajstić information content (AvgIpc) is 2.55. The van der Waals surface area contributed by atoms with Gasteiger partial charge >= 0.3 is 6.09 Å².